The smallest absolute Gasteiger partial charge is 0.0795 e. The molecular weight excluding hydrogens is 845 g/mol. The summed E-state index contributed by atoms with van der Waals surface area (Å²) in [6.07, 6.45) is 3.76. The predicted molar refractivity (Wildman–Crippen MR) is 222 cm³/mol. The molecule has 5 heteroatoms. The van der Waals surface area contributed by atoms with E-state index in [0.29, 0.717) is 0 Å². The topological polar surface area (TPSA) is 25.8 Å². The van der Waals surface area contributed by atoms with Crippen LogP contribution in [0, 0.1) is 25.9 Å². The summed E-state index contributed by atoms with van der Waals surface area (Å²) in [4.78, 5) is 9.20. The van der Waals surface area contributed by atoms with E-state index in [-0.39, 0.29) is 25.7 Å². The summed E-state index contributed by atoms with van der Waals surface area (Å²) in [5, 5.41) is 3.77. The maximum absolute atomic E-state index is 9.19. The third-order valence-corrected chi connectivity index (χ3v) is 12.5. The first kappa shape index (κ1) is 32.2. The van der Waals surface area contributed by atoms with Gasteiger partial charge in [0, 0.05) is 48.6 Å². The van der Waals surface area contributed by atoms with Gasteiger partial charge in [0.05, 0.1) is 8.07 Å². The third-order valence-electron chi connectivity index (χ3n) is 9.27. The van der Waals surface area contributed by atoms with E-state index in [0.717, 1.165) is 38.3 Å². The number of nitrogens with zero attached hydrogens (tertiary/aromatic N) is 2. The molecule has 0 saturated carbocycles. The number of benzene rings is 5. The van der Waals surface area contributed by atoms with E-state index in [1.165, 1.54) is 37.3 Å². The average Bonchev–Trinajstić information content (AvgIpc) is 3.56. The molecule has 1 radical (unpaired) electrons. The van der Waals surface area contributed by atoms with Crippen LogP contribution >= 0.6 is 11.3 Å². The summed E-state index contributed by atoms with van der Waals surface area (Å²) in [7, 11) is -1.23. The molecule has 0 bridgehead atoms. The Kier molecular flexibility index (Phi) is 9.91. The van der Waals surface area contributed by atoms with Gasteiger partial charge in [0.25, 0.3) is 0 Å². The van der Waals surface area contributed by atoms with Gasteiger partial charge in [-0.1, -0.05) is 116 Å². The number of fused-ring (bicyclic) bond motifs is 3. The molecular formula is C47H42IrN2SSi-2. The fraction of sp³-hybridized carbons (Fsp3) is 0.149. The zero-order valence-electron chi connectivity index (χ0n) is 33.9. The summed E-state index contributed by atoms with van der Waals surface area (Å²) in [5.41, 5.74) is 9.21. The Labute approximate surface area is 332 Å². The minimum absolute atomic E-state index is 0. The Morgan fingerprint density at radius 2 is 1.56 bits per heavy atom. The molecule has 2 nitrogen and oxygen atoms in total. The van der Waals surface area contributed by atoms with Crippen molar-refractivity contribution in [3.63, 3.8) is 0 Å². The maximum atomic E-state index is 9.19. The van der Waals surface area contributed by atoms with Crippen LogP contribution in [0.3, 0.4) is 0 Å². The fourth-order valence-electron chi connectivity index (χ4n) is 6.23. The molecule has 261 valence electrons. The molecule has 8 aromatic rings. The van der Waals surface area contributed by atoms with Gasteiger partial charge in [-0.3, -0.25) is 0 Å². The van der Waals surface area contributed by atoms with Crippen molar-refractivity contribution in [1.82, 2.24) is 9.97 Å². The molecule has 0 amide bonds. The normalized spacial score (nSPS) is 13.8. The van der Waals surface area contributed by atoms with Crippen molar-refractivity contribution in [3.05, 3.63) is 174 Å². The van der Waals surface area contributed by atoms with Gasteiger partial charge in [-0.25, -0.2) is 0 Å². The summed E-state index contributed by atoms with van der Waals surface area (Å²) in [6.45, 7) is 8.79. The van der Waals surface area contributed by atoms with E-state index in [1.54, 1.807) is 41.8 Å². The van der Waals surface area contributed by atoms with Crippen molar-refractivity contribution >= 4 is 44.8 Å². The molecule has 8 rings (SSSR count). The summed E-state index contributed by atoms with van der Waals surface area (Å²) < 4.78 is 34.4. The third kappa shape index (κ3) is 8.09. The number of aryl methyl sites for hydroxylation is 2. The first-order chi connectivity index (χ1) is 26.2. The summed E-state index contributed by atoms with van der Waals surface area (Å²) in [6, 6.07) is 48.5. The first-order valence-electron chi connectivity index (χ1n) is 19.1. The molecule has 1 unspecified atom stereocenters. The van der Waals surface area contributed by atoms with Gasteiger partial charge in [-0.05, 0) is 80.4 Å². The molecule has 3 heterocycles. The van der Waals surface area contributed by atoms with E-state index in [9.17, 15) is 1.37 Å². The van der Waals surface area contributed by atoms with Gasteiger partial charge < -0.3 is 9.97 Å². The molecule has 5 aromatic carbocycles. The molecule has 0 saturated heterocycles. The molecule has 0 aliphatic heterocycles. The van der Waals surface area contributed by atoms with E-state index in [4.69, 9.17) is 4.11 Å². The van der Waals surface area contributed by atoms with Gasteiger partial charge in [0.15, 0.2) is 0 Å². The van der Waals surface area contributed by atoms with Crippen LogP contribution < -0.4 is 5.19 Å². The SMILES string of the molecule is C[Si](C)(C)c1ccc(-c2[c-]cccc2)nc1.[2H]C([2H])([2H])c1ccc(C([2H])(C)c2ccnc(-c3[c-]ccc4c3sc3cc(-c5ccccc5C)ccc34)c2)cc1.[Ir]. The van der Waals surface area contributed by atoms with Crippen LogP contribution in [-0.4, -0.2) is 18.0 Å². The quantitative estimate of drug-likeness (QED) is 0.123. The molecule has 52 heavy (non-hydrogen) atoms. The number of pyridine rings is 2. The zero-order valence-corrected chi connectivity index (χ0v) is 34.1. The Bertz CT molecular complexity index is 2600. The van der Waals surface area contributed by atoms with E-state index >= 15 is 0 Å². The van der Waals surface area contributed by atoms with E-state index in [1.807, 2.05) is 55.6 Å². The van der Waals surface area contributed by atoms with Crippen molar-refractivity contribution in [2.24, 2.45) is 0 Å². The average molecular weight is 891 g/mol. The molecule has 0 aliphatic rings. The Morgan fingerprint density at radius 1 is 0.750 bits per heavy atom. The zero-order chi connectivity index (χ0) is 39.0. The number of thiophene rings is 1. The van der Waals surface area contributed by atoms with Crippen LogP contribution in [0.5, 0.6) is 0 Å². The van der Waals surface area contributed by atoms with Crippen LogP contribution in [0.2, 0.25) is 19.6 Å². The van der Waals surface area contributed by atoms with Crippen molar-refractivity contribution < 1.29 is 25.6 Å². The van der Waals surface area contributed by atoms with Crippen LogP contribution in [-0.2, 0) is 20.1 Å². The standard InChI is InChI=1S/C33H26NS.C14H16NSi.Ir/c1-21-11-13-24(14-12-21)23(3)25-17-18-34-31(19-25)30-10-6-9-29-28-16-15-26(20-32(28)35-33(29)30)27-8-5-4-7-22(27)2;1-16(2,3)13-9-10-14(15-11-13)12-7-5-4-6-8-12;/h4-9,11-20,23H,1-3H3;4-7,9-11H,1-3H3;/q2*-1;/i1D3,23D;;. The molecule has 0 fully saturated rings. The van der Waals surface area contributed by atoms with Crippen molar-refractivity contribution in [2.75, 3.05) is 0 Å². The number of hydrogen-bond acceptors (Lipinski definition) is 3. The van der Waals surface area contributed by atoms with E-state index in [2.05, 4.69) is 109 Å². The van der Waals surface area contributed by atoms with Gasteiger partial charge in [0.1, 0.15) is 0 Å². The van der Waals surface area contributed by atoms with Crippen LogP contribution in [0.4, 0.5) is 0 Å². The second kappa shape index (κ2) is 16.0. The van der Waals surface area contributed by atoms with Crippen LogP contribution in [0.25, 0.3) is 53.8 Å². The molecule has 1 atom stereocenters. The molecule has 0 spiro atoms. The van der Waals surface area contributed by atoms with Gasteiger partial charge in [0.2, 0.25) is 0 Å². The van der Waals surface area contributed by atoms with E-state index < -0.39 is 20.8 Å². The van der Waals surface area contributed by atoms with Gasteiger partial charge in [-0.15, -0.1) is 59.7 Å². The summed E-state index contributed by atoms with van der Waals surface area (Å²) >= 11 is 1.74. The summed E-state index contributed by atoms with van der Waals surface area (Å²) in [5.74, 6) is -1.08. The maximum Gasteiger partial charge on any atom is 0.0795 e. The molecule has 3 aromatic heterocycles. The second-order valence-electron chi connectivity index (χ2n) is 13.8. The predicted octanol–water partition coefficient (Wildman–Crippen LogP) is 12.4. The number of rotatable bonds is 6. The molecule has 0 N–H and O–H groups in total. The Balaban J connectivity index is 0.000000263. The second-order valence-corrected chi connectivity index (χ2v) is 19.9. The Morgan fingerprint density at radius 3 is 2.27 bits per heavy atom. The van der Waals surface area contributed by atoms with Crippen molar-refractivity contribution in [3.8, 4) is 33.6 Å². The van der Waals surface area contributed by atoms with Gasteiger partial charge >= 0.3 is 0 Å². The van der Waals surface area contributed by atoms with Crippen LogP contribution in [0.15, 0.2) is 140 Å². The minimum Gasteiger partial charge on any atom is -0.305 e. The van der Waals surface area contributed by atoms with Crippen molar-refractivity contribution in [1.29, 1.82) is 0 Å². The fourth-order valence-corrected chi connectivity index (χ4v) is 8.52. The number of hydrogen-bond donors (Lipinski definition) is 0. The monoisotopic (exact) mass is 891 g/mol. The molecule has 0 aliphatic carbocycles. The Hall–Kier alpha value is -4.51. The van der Waals surface area contributed by atoms with Crippen molar-refractivity contribution in [2.45, 2.75) is 46.2 Å². The number of aromatic nitrogens is 2. The first-order valence-corrected chi connectivity index (χ1v) is 21.5. The van der Waals surface area contributed by atoms with Gasteiger partial charge in [-0.2, -0.15) is 11.3 Å². The largest absolute Gasteiger partial charge is 0.305 e. The van der Waals surface area contributed by atoms with Crippen LogP contribution in [0.1, 0.15) is 40.6 Å². The minimum atomic E-state index is -2.17.